The topological polar surface area (TPSA) is 80.2 Å². The number of benzene rings is 2. The average molecular weight is 416 g/mol. The van der Waals surface area contributed by atoms with E-state index in [2.05, 4.69) is 10.6 Å². The van der Waals surface area contributed by atoms with Crippen molar-refractivity contribution in [1.29, 1.82) is 0 Å². The SMILES string of the molecule is O=C(NCCc1cccc(Cl)c1)c1ccc2c(c1)NCc1cccn1S2(=O)=O. The highest BCUT2D eigenvalue weighted by Crippen LogP contribution is 2.29. The molecule has 8 heteroatoms. The Morgan fingerprint density at radius 1 is 1.14 bits per heavy atom. The van der Waals surface area contributed by atoms with Crippen LogP contribution in [0, 0.1) is 0 Å². The van der Waals surface area contributed by atoms with Crippen molar-refractivity contribution in [2.75, 3.05) is 11.9 Å². The number of nitrogens with zero attached hydrogens (tertiary/aromatic N) is 1. The summed E-state index contributed by atoms with van der Waals surface area (Å²) in [6.07, 6.45) is 2.18. The number of halogens is 1. The van der Waals surface area contributed by atoms with E-state index in [0.29, 0.717) is 41.5 Å². The molecule has 28 heavy (non-hydrogen) atoms. The summed E-state index contributed by atoms with van der Waals surface area (Å²) in [5, 5.41) is 6.63. The first-order valence-corrected chi connectivity index (χ1v) is 10.6. The molecule has 1 amide bonds. The van der Waals surface area contributed by atoms with Crippen LogP contribution in [0.25, 0.3) is 0 Å². The van der Waals surface area contributed by atoms with Crippen LogP contribution in [0.1, 0.15) is 21.6 Å². The summed E-state index contributed by atoms with van der Waals surface area (Å²) in [6, 6.07) is 15.5. The van der Waals surface area contributed by atoms with Crippen molar-refractivity contribution in [3.63, 3.8) is 0 Å². The lowest BCUT2D eigenvalue weighted by atomic mass is 10.1. The molecule has 0 fully saturated rings. The lowest BCUT2D eigenvalue weighted by Gasteiger charge is -2.11. The van der Waals surface area contributed by atoms with Gasteiger partial charge in [0.25, 0.3) is 15.9 Å². The van der Waals surface area contributed by atoms with Crippen LogP contribution in [0.3, 0.4) is 0 Å². The highest BCUT2D eigenvalue weighted by atomic mass is 35.5. The third kappa shape index (κ3) is 3.50. The maximum absolute atomic E-state index is 12.8. The van der Waals surface area contributed by atoms with Gasteiger partial charge < -0.3 is 10.6 Å². The average Bonchev–Trinajstić information content (AvgIpc) is 3.12. The zero-order valence-electron chi connectivity index (χ0n) is 14.9. The van der Waals surface area contributed by atoms with Crippen LogP contribution in [0.15, 0.2) is 65.7 Å². The summed E-state index contributed by atoms with van der Waals surface area (Å²) in [4.78, 5) is 12.6. The van der Waals surface area contributed by atoms with E-state index >= 15 is 0 Å². The van der Waals surface area contributed by atoms with Gasteiger partial charge in [-0.2, -0.15) is 0 Å². The van der Waals surface area contributed by atoms with E-state index in [1.165, 1.54) is 22.3 Å². The second-order valence-electron chi connectivity index (χ2n) is 6.50. The molecule has 0 bridgehead atoms. The highest BCUT2D eigenvalue weighted by Gasteiger charge is 2.26. The number of nitrogens with one attached hydrogen (secondary N) is 2. The van der Waals surface area contributed by atoms with Crippen LogP contribution in [-0.2, 0) is 23.0 Å². The van der Waals surface area contributed by atoms with Crippen molar-refractivity contribution in [2.45, 2.75) is 17.9 Å². The van der Waals surface area contributed by atoms with Gasteiger partial charge >= 0.3 is 0 Å². The molecule has 0 spiro atoms. The lowest BCUT2D eigenvalue weighted by Crippen LogP contribution is -2.26. The third-order valence-corrected chi connectivity index (χ3v) is 6.64. The van der Waals surface area contributed by atoms with Gasteiger partial charge in [-0.1, -0.05) is 23.7 Å². The van der Waals surface area contributed by atoms with Crippen LogP contribution < -0.4 is 10.6 Å². The summed E-state index contributed by atoms with van der Waals surface area (Å²) < 4.78 is 26.9. The third-order valence-electron chi connectivity index (χ3n) is 4.62. The molecule has 0 saturated carbocycles. The summed E-state index contributed by atoms with van der Waals surface area (Å²) in [7, 11) is -3.68. The minimum atomic E-state index is -3.68. The van der Waals surface area contributed by atoms with Gasteiger partial charge in [-0.05, 0) is 54.4 Å². The standard InChI is InChI=1S/C20H18ClN3O3S/c21-16-4-1-3-14(11-16)8-9-22-20(25)15-6-7-19-18(12-15)23-13-17-5-2-10-24(17)28(19,26)27/h1-7,10-12,23H,8-9,13H2,(H,22,25). The van der Waals surface area contributed by atoms with Crippen LogP contribution in [0.5, 0.6) is 0 Å². The van der Waals surface area contributed by atoms with Gasteiger partial charge in [-0.25, -0.2) is 12.4 Å². The fourth-order valence-electron chi connectivity index (χ4n) is 3.21. The molecule has 0 atom stereocenters. The molecule has 2 heterocycles. The predicted molar refractivity (Wildman–Crippen MR) is 108 cm³/mol. The molecule has 1 aliphatic rings. The van der Waals surface area contributed by atoms with Crippen molar-refractivity contribution in [1.82, 2.24) is 9.29 Å². The van der Waals surface area contributed by atoms with Gasteiger partial charge in [-0.3, -0.25) is 4.79 Å². The van der Waals surface area contributed by atoms with Crippen molar-refractivity contribution in [2.24, 2.45) is 0 Å². The molecule has 0 aliphatic carbocycles. The number of anilines is 1. The molecule has 3 aromatic rings. The van der Waals surface area contributed by atoms with Crippen LogP contribution in [-0.4, -0.2) is 24.8 Å². The molecule has 0 unspecified atom stereocenters. The Morgan fingerprint density at radius 3 is 2.82 bits per heavy atom. The first-order valence-electron chi connectivity index (χ1n) is 8.77. The zero-order chi connectivity index (χ0) is 19.7. The summed E-state index contributed by atoms with van der Waals surface area (Å²) in [5.41, 5.74) is 2.50. The van der Waals surface area contributed by atoms with Gasteiger partial charge in [0.2, 0.25) is 0 Å². The Hall–Kier alpha value is -2.77. The fourth-order valence-corrected chi connectivity index (χ4v) is 4.95. The van der Waals surface area contributed by atoms with Gasteiger partial charge in [-0.15, -0.1) is 0 Å². The molecule has 0 saturated heterocycles. The molecule has 2 N–H and O–H groups in total. The molecule has 144 valence electrons. The molecular weight excluding hydrogens is 398 g/mol. The monoisotopic (exact) mass is 415 g/mol. The number of aromatic nitrogens is 1. The van der Waals surface area contributed by atoms with Crippen LogP contribution in [0.2, 0.25) is 5.02 Å². The van der Waals surface area contributed by atoms with E-state index in [0.717, 1.165) is 5.56 Å². The van der Waals surface area contributed by atoms with Crippen molar-refractivity contribution in [3.05, 3.63) is 82.6 Å². The number of carbonyl (C=O) groups is 1. The Labute approximate surface area is 168 Å². The van der Waals surface area contributed by atoms with E-state index in [9.17, 15) is 13.2 Å². The largest absolute Gasteiger partial charge is 0.378 e. The molecule has 0 radical (unpaired) electrons. The molecular formula is C20H18ClN3O3S. The van der Waals surface area contributed by atoms with Crippen molar-refractivity contribution in [3.8, 4) is 0 Å². The molecule has 4 rings (SSSR count). The van der Waals surface area contributed by atoms with Crippen LogP contribution >= 0.6 is 11.6 Å². The zero-order valence-corrected chi connectivity index (χ0v) is 16.4. The lowest BCUT2D eigenvalue weighted by molar-refractivity contribution is 0.0954. The smallest absolute Gasteiger partial charge is 0.269 e. The van der Waals surface area contributed by atoms with Gasteiger partial charge in [0.1, 0.15) is 4.90 Å². The van der Waals surface area contributed by atoms with E-state index < -0.39 is 10.0 Å². The Balaban J connectivity index is 1.50. The van der Waals surface area contributed by atoms with Gasteiger partial charge in [0, 0.05) is 23.3 Å². The molecule has 6 nitrogen and oxygen atoms in total. The van der Waals surface area contributed by atoms with Gasteiger partial charge in [0.15, 0.2) is 0 Å². The van der Waals surface area contributed by atoms with Crippen molar-refractivity contribution < 1.29 is 13.2 Å². The summed E-state index contributed by atoms with van der Waals surface area (Å²) >= 11 is 5.97. The second-order valence-corrected chi connectivity index (χ2v) is 8.72. The first-order chi connectivity index (χ1) is 13.4. The minimum Gasteiger partial charge on any atom is -0.378 e. The second kappa shape index (κ2) is 7.33. The van der Waals surface area contributed by atoms with Crippen molar-refractivity contribution >= 4 is 33.2 Å². The first kappa shape index (κ1) is 18.6. The predicted octanol–water partition coefficient (Wildman–Crippen LogP) is 3.28. The van der Waals surface area contributed by atoms with E-state index in [-0.39, 0.29) is 10.8 Å². The molecule has 1 aliphatic heterocycles. The number of fused-ring (bicyclic) bond motifs is 2. The van der Waals surface area contributed by atoms with E-state index in [1.807, 2.05) is 18.2 Å². The Morgan fingerprint density at radius 2 is 2.00 bits per heavy atom. The maximum Gasteiger partial charge on any atom is 0.269 e. The highest BCUT2D eigenvalue weighted by molar-refractivity contribution is 7.90. The fraction of sp³-hybridized carbons (Fsp3) is 0.150. The normalized spacial score (nSPS) is 14.3. The Kier molecular flexibility index (Phi) is 4.87. The number of amides is 1. The Bertz CT molecular complexity index is 1160. The van der Waals surface area contributed by atoms with E-state index in [4.69, 9.17) is 11.6 Å². The number of rotatable bonds is 4. The maximum atomic E-state index is 12.8. The number of carbonyl (C=O) groups excluding carboxylic acids is 1. The molecule has 2 aromatic carbocycles. The minimum absolute atomic E-state index is 0.151. The summed E-state index contributed by atoms with van der Waals surface area (Å²) in [5.74, 6) is -0.257. The quantitative estimate of drug-likeness (QED) is 0.685. The van der Waals surface area contributed by atoms with E-state index in [1.54, 1.807) is 24.3 Å². The molecule has 1 aromatic heterocycles. The van der Waals surface area contributed by atoms with Crippen LogP contribution in [0.4, 0.5) is 5.69 Å². The number of hydrogen-bond acceptors (Lipinski definition) is 4. The number of hydrogen-bond donors (Lipinski definition) is 2. The summed E-state index contributed by atoms with van der Waals surface area (Å²) in [6.45, 7) is 0.812. The van der Waals surface area contributed by atoms with Gasteiger partial charge in [0.05, 0.1) is 17.9 Å².